The summed E-state index contributed by atoms with van der Waals surface area (Å²) in [7, 11) is 4.08. The summed E-state index contributed by atoms with van der Waals surface area (Å²) in [6.45, 7) is 0.785. The maximum Gasteiger partial charge on any atom is 0.164 e. The van der Waals surface area contributed by atoms with Crippen molar-refractivity contribution in [2.24, 2.45) is 0 Å². The first kappa shape index (κ1) is 9.46. The van der Waals surface area contributed by atoms with Crippen LogP contribution >= 0.6 is 11.8 Å². The third kappa shape index (κ3) is 2.23. The largest absolute Gasteiger partial charge is 0.484 e. The van der Waals surface area contributed by atoms with E-state index in [1.165, 1.54) is 9.92 Å². The van der Waals surface area contributed by atoms with Gasteiger partial charge in [0.25, 0.3) is 0 Å². The first-order valence-electron chi connectivity index (χ1n) is 4.53. The Bertz CT molecular complexity index is 340. The minimum atomic E-state index is 0.785. The highest BCUT2D eigenvalue weighted by Crippen LogP contribution is 2.34. The molecule has 1 fully saturated rings. The summed E-state index contributed by atoms with van der Waals surface area (Å²) in [4.78, 5) is 3.35. The molecular formula is C11H13NOS. The zero-order valence-electron chi connectivity index (χ0n) is 8.36. The van der Waals surface area contributed by atoms with Crippen molar-refractivity contribution in [1.82, 2.24) is 4.90 Å². The van der Waals surface area contributed by atoms with E-state index in [1.54, 1.807) is 11.8 Å². The molecule has 74 valence electrons. The molecular weight excluding hydrogens is 194 g/mol. The third-order valence-corrected chi connectivity index (χ3v) is 3.19. The molecule has 2 rings (SSSR count). The molecule has 1 aromatic carbocycles. The molecule has 0 aromatic heterocycles. The van der Waals surface area contributed by atoms with Crippen molar-refractivity contribution < 1.29 is 4.74 Å². The summed E-state index contributed by atoms with van der Waals surface area (Å²) in [6.07, 6.45) is 0. The van der Waals surface area contributed by atoms with Crippen molar-refractivity contribution in [1.29, 1.82) is 0 Å². The smallest absolute Gasteiger partial charge is 0.164 e. The van der Waals surface area contributed by atoms with Crippen LogP contribution in [0.2, 0.25) is 0 Å². The van der Waals surface area contributed by atoms with Crippen LogP contribution in [0.15, 0.2) is 46.0 Å². The van der Waals surface area contributed by atoms with Crippen LogP contribution in [0.5, 0.6) is 0 Å². The van der Waals surface area contributed by atoms with E-state index in [9.17, 15) is 0 Å². The summed E-state index contributed by atoms with van der Waals surface area (Å²) in [5.74, 6) is 1.10. The molecule has 1 heterocycles. The van der Waals surface area contributed by atoms with Crippen LogP contribution in [0.3, 0.4) is 0 Å². The van der Waals surface area contributed by atoms with Crippen molar-refractivity contribution >= 4 is 11.8 Å². The molecule has 0 N–H and O–H groups in total. The van der Waals surface area contributed by atoms with Gasteiger partial charge in [-0.2, -0.15) is 0 Å². The van der Waals surface area contributed by atoms with Gasteiger partial charge in [0.05, 0.1) is 0 Å². The molecule has 0 radical (unpaired) electrons. The van der Waals surface area contributed by atoms with Crippen LogP contribution in [0.25, 0.3) is 0 Å². The Hall–Kier alpha value is -1.09. The summed E-state index contributed by atoms with van der Waals surface area (Å²) < 4.78 is 5.22. The van der Waals surface area contributed by atoms with E-state index in [2.05, 4.69) is 17.0 Å². The fraction of sp³-hybridized carbons (Fsp3) is 0.273. The zero-order valence-corrected chi connectivity index (χ0v) is 9.17. The topological polar surface area (TPSA) is 15.8 Å². The molecule has 2 nitrogen and oxygen atoms in total. The number of thioether (sulfide) groups is 1. The molecule has 0 bridgehead atoms. The maximum atomic E-state index is 5.22. The first-order chi connectivity index (χ1) is 6.77. The van der Waals surface area contributed by atoms with Gasteiger partial charge < -0.3 is 9.64 Å². The van der Waals surface area contributed by atoms with Gasteiger partial charge in [-0.25, -0.2) is 0 Å². The quantitative estimate of drug-likeness (QED) is 0.559. The van der Waals surface area contributed by atoms with E-state index < -0.39 is 0 Å². The van der Waals surface area contributed by atoms with Crippen molar-refractivity contribution in [2.75, 3.05) is 20.7 Å². The van der Waals surface area contributed by atoms with Gasteiger partial charge in [0.1, 0.15) is 11.6 Å². The number of rotatable bonds is 3. The number of ether oxygens (including phenoxy) is 1. The summed E-state index contributed by atoms with van der Waals surface area (Å²) >= 11 is 1.75. The Morgan fingerprint density at radius 3 is 2.43 bits per heavy atom. The van der Waals surface area contributed by atoms with Crippen LogP contribution in [-0.2, 0) is 4.74 Å². The van der Waals surface area contributed by atoms with Crippen molar-refractivity contribution in [3.63, 3.8) is 0 Å². The van der Waals surface area contributed by atoms with Gasteiger partial charge in [-0.05, 0) is 12.1 Å². The maximum absolute atomic E-state index is 5.22. The molecule has 0 amide bonds. The number of epoxide rings is 1. The lowest BCUT2D eigenvalue weighted by molar-refractivity contribution is 0.484. The van der Waals surface area contributed by atoms with E-state index in [4.69, 9.17) is 4.74 Å². The molecule has 3 heteroatoms. The van der Waals surface area contributed by atoms with Crippen molar-refractivity contribution in [3.8, 4) is 0 Å². The standard InChI is InChI=1S/C11H13NOS/c1-12(2)11(10-8-13-10)14-9-6-4-3-5-7-9/h3-7H,8H2,1-2H3/b11-10-. The highest BCUT2D eigenvalue weighted by Gasteiger charge is 2.22. The number of nitrogens with zero attached hydrogens (tertiary/aromatic N) is 1. The van der Waals surface area contributed by atoms with Gasteiger partial charge >= 0.3 is 0 Å². The van der Waals surface area contributed by atoms with Gasteiger partial charge in [0, 0.05) is 19.0 Å². The molecule has 1 aromatic rings. The highest BCUT2D eigenvalue weighted by atomic mass is 32.2. The fourth-order valence-corrected chi connectivity index (χ4v) is 2.09. The molecule has 1 saturated heterocycles. The lowest BCUT2D eigenvalue weighted by atomic mass is 10.4. The van der Waals surface area contributed by atoms with Gasteiger partial charge in [-0.3, -0.25) is 0 Å². The Kier molecular flexibility index (Phi) is 2.68. The Morgan fingerprint density at radius 2 is 1.93 bits per heavy atom. The summed E-state index contributed by atoms with van der Waals surface area (Å²) in [5, 5.41) is 1.20. The van der Waals surface area contributed by atoms with Crippen molar-refractivity contribution in [2.45, 2.75) is 4.90 Å². The molecule has 0 spiro atoms. The van der Waals surface area contributed by atoms with Crippen LogP contribution in [0, 0.1) is 0 Å². The Balaban J connectivity index is 2.13. The molecule has 1 aliphatic rings. The first-order valence-corrected chi connectivity index (χ1v) is 5.35. The number of benzene rings is 1. The van der Waals surface area contributed by atoms with Gasteiger partial charge in [0.2, 0.25) is 0 Å². The van der Waals surface area contributed by atoms with Crippen LogP contribution in [0.4, 0.5) is 0 Å². The van der Waals surface area contributed by atoms with Crippen LogP contribution in [0.1, 0.15) is 0 Å². The Morgan fingerprint density at radius 1 is 1.29 bits per heavy atom. The minimum absolute atomic E-state index is 0.785. The second-order valence-corrected chi connectivity index (χ2v) is 4.39. The predicted octanol–water partition coefficient (Wildman–Crippen LogP) is 2.54. The molecule has 0 aliphatic carbocycles. The van der Waals surface area contributed by atoms with Crippen LogP contribution < -0.4 is 0 Å². The van der Waals surface area contributed by atoms with E-state index in [0.717, 1.165) is 12.4 Å². The second-order valence-electron chi connectivity index (χ2n) is 3.33. The lowest BCUT2D eigenvalue weighted by Gasteiger charge is -2.14. The van der Waals surface area contributed by atoms with Crippen molar-refractivity contribution in [3.05, 3.63) is 41.1 Å². The van der Waals surface area contributed by atoms with Gasteiger partial charge in [0.15, 0.2) is 5.76 Å². The molecule has 14 heavy (non-hydrogen) atoms. The highest BCUT2D eigenvalue weighted by molar-refractivity contribution is 8.03. The van der Waals surface area contributed by atoms with Gasteiger partial charge in [-0.1, -0.05) is 30.0 Å². The third-order valence-electron chi connectivity index (χ3n) is 1.89. The zero-order chi connectivity index (χ0) is 9.97. The van der Waals surface area contributed by atoms with E-state index in [0.29, 0.717) is 0 Å². The Labute approximate surface area is 88.6 Å². The van der Waals surface area contributed by atoms with E-state index in [-0.39, 0.29) is 0 Å². The van der Waals surface area contributed by atoms with Crippen LogP contribution in [-0.4, -0.2) is 25.6 Å². The summed E-state index contributed by atoms with van der Waals surface area (Å²) in [5.41, 5.74) is 0. The van der Waals surface area contributed by atoms with Gasteiger partial charge in [-0.15, -0.1) is 0 Å². The SMILES string of the molecule is CN(C)/C(Sc1ccccc1)=C1\CO1. The predicted molar refractivity (Wildman–Crippen MR) is 59.0 cm³/mol. The molecule has 1 aliphatic heterocycles. The van der Waals surface area contributed by atoms with E-state index >= 15 is 0 Å². The average molecular weight is 207 g/mol. The fourth-order valence-electron chi connectivity index (χ4n) is 1.16. The lowest BCUT2D eigenvalue weighted by Crippen LogP contribution is -2.08. The second kappa shape index (κ2) is 3.96. The number of hydrogen-bond donors (Lipinski definition) is 0. The van der Waals surface area contributed by atoms with E-state index in [1.807, 2.05) is 32.3 Å². The monoisotopic (exact) mass is 207 g/mol. The minimum Gasteiger partial charge on any atom is -0.484 e. The summed E-state index contributed by atoms with van der Waals surface area (Å²) in [6, 6.07) is 10.3. The average Bonchev–Trinajstić information content (AvgIpc) is 2.99. The molecule has 0 atom stereocenters. The normalized spacial score (nSPS) is 17.3. The molecule has 0 saturated carbocycles. The molecule has 0 unspecified atom stereocenters. The number of hydrogen-bond acceptors (Lipinski definition) is 3.